The molecule has 1 aromatic rings. The topological polar surface area (TPSA) is 20.3 Å². The van der Waals surface area contributed by atoms with Crippen LogP contribution >= 0.6 is 15.9 Å². The van der Waals surface area contributed by atoms with Crippen molar-refractivity contribution in [2.45, 2.75) is 32.2 Å². The second-order valence-electron chi connectivity index (χ2n) is 4.59. The van der Waals surface area contributed by atoms with E-state index in [0.717, 1.165) is 31.4 Å². The molecule has 0 aromatic heterocycles. The molecular formula is C13H14BrF2NO. The number of piperidine rings is 1. The van der Waals surface area contributed by atoms with Crippen LogP contribution in [0.4, 0.5) is 8.78 Å². The molecule has 18 heavy (non-hydrogen) atoms. The minimum Gasteiger partial charge on any atom is -0.336 e. The average molecular weight is 318 g/mol. The Kier molecular flexibility index (Phi) is 4.00. The Morgan fingerprint density at radius 2 is 2.06 bits per heavy atom. The molecule has 2 rings (SSSR count). The van der Waals surface area contributed by atoms with Gasteiger partial charge in [0.15, 0.2) is 0 Å². The van der Waals surface area contributed by atoms with Crippen LogP contribution in [0.1, 0.15) is 36.5 Å². The molecule has 0 radical (unpaired) electrons. The first-order chi connectivity index (χ1) is 8.50. The Morgan fingerprint density at radius 3 is 2.72 bits per heavy atom. The van der Waals surface area contributed by atoms with Crippen molar-refractivity contribution in [1.29, 1.82) is 0 Å². The van der Waals surface area contributed by atoms with Crippen molar-refractivity contribution in [3.05, 3.63) is 33.8 Å². The van der Waals surface area contributed by atoms with Crippen molar-refractivity contribution in [2.75, 3.05) is 6.54 Å². The van der Waals surface area contributed by atoms with E-state index in [0.29, 0.717) is 6.54 Å². The van der Waals surface area contributed by atoms with Crippen molar-refractivity contribution in [3.63, 3.8) is 0 Å². The second kappa shape index (κ2) is 5.34. The number of carbonyl (C=O) groups is 1. The van der Waals surface area contributed by atoms with Crippen molar-refractivity contribution in [3.8, 4) is 0 Å². The first-order valence-corrected chi connectivity index (χ1v) is 6.75. The number of rotatable bonds is 1. The molecule has 98 valence electrons. The summed E-state index contributed by atoms with van der Waals surface area (Å²) in [4.78, 5) is 13.8. The van der Waals surface area contributed by atoms with Gasteiger partial charge in [-0.3, -0.25) is 4.79 Å². The van der Waals surface area contributed by atoms with Crippen LogP contribution in [-0.4, -0.2) is 23.4 Å². The number of hydrogen-bond donors (Lipinski definition) is 0. The SMILES string of the molecule is CC1CCCCN1C(=O)c1cc(F)c(Br)cc1F. The van der Waals surface area contributed by atoms with Gasteiger partial charge < -0.3 is 4.90 Å². The summed E-state index contributed by atoms with van der Waals surface area (Å²) in [7, 11) is 0. The van der Waals surface area contributed by atoms with Gasteiger partial charge in [-0.1, -0.05) is 0 Å². The van der Waals surface area contributed by atoms with Crippen LogP contribution in [0.2, 0.25) is 0 Å². The van der Waals surface area contributed by atoms with Gasteiger partial charge in [-0.2, -0.15) is 0 Å². The standard InChI is InChI=1S/C13H14BrF2NO/c1-8-4-2-3-5-17(8)13(18)9-6-12(16)10(14)7-11(9)15/h6-8H,2-5H2,1H3. The number of carbonyl (C=O) groups excluding carboxylic acids is 1. The zero-order chi connectivity index (χ0) is 13.3. The molecule has 1 atom stereocenters. The van der Waals surface area contributed by atoms with E-state index in [4.69, 9.17) is 0 Å². The Bertz CT molecular complexity index is 478. The lowest BCUT2D eigenvalue weighted by molar-refractivity contribution is 0.0630. The maximum atomic E-state index is 13.7. The van der Waals surface area contributed by atoms with E-state index in [1.54, 1.807) is 4.90 Å². The van der Waals surface area contributed by atoms with Crippen LogP contribution in [0.25, 0.3) is 0 Å². The van der Waals surface area contributed by atoms with E-state index in [9.17, 15) is 13.6 Å². The van der Waals surface area contributed by atoms with E-state index in [-0.39, 0.29) is 16.1 Å². The molecule has 0 aliphatic carbocycles. The molecule has 0 spiro atoms. The van der Waals surface area contributed by atoms with E-state index in [1.165, 1.54) is 0 Å². The normalized spacial score (nSPS) is 20.0. The second-order valence-corrected chi connectivity index (χ2v) is 5.44. The molecule has 1 fully saturated rings. The van der Waals surface area contributed by atoms with Gasteiger partial charge in [0, 0.05) is 12.6 Å². The largest absolute Gasteiger partial charge is 0.336 e. The third kappa shape index (κ3) is 2.55. The third-order valence-corrected chi connectivity index (χ3v) is 3.91. The molecule has 0 saturated carbocycles. The summed E-state index contributed by atoms with van der Waals surface area (Å²) in [5.41, 5.74) is -0.190. The van der Waals surface area contributed by atoms with Crippen LogP contribution in [-0.2, 0) is 0 Å². The zero-order valence-corrected chi connectivity index (χ0v) is 11.6. The quantitative estimate of drug-likeness (QED) is 0.722. The Labute approximate surface area is 113 Å². The number of likely N-dealkylation sites (tertiary alicyclic amines) is 1. The maximum absolute atomic E-state index is 13.7. The van der Waals surface area contributed by atoms with Crippen molar-refractivity contribution >= 4 is 21.8 Å². The first-order valence-electron chi connectivity index (χ1n) is 5.96. The van der Waals surface area contributed by atoms with Gasteiger partial charge in [0.05, 0.1) is 10.0 Å². The molecule has 2 nitrogen and oxygen atoms in total. The minimum absolute atomic E-state index is 0.0308. The summed E-state index contributed by atoms with van der Waals surface area (Å²) < 4.78 is 27.1. The highest BCUT2D eigenvalue weighted by atomic mass is 79.9. The molecule has 0 bridgehead atoms. The Morgan fingerprint density at radius 1 is 1.33 bits per heavy atom. The highest BCUT2D eigenvalue weighted by Crippen LogP contribution is 2.24. The van der Waals surface area contributed by atoms with E-state index in [1.807, 2.05) is 6.92 Å². The van der Waals surface area contributed by atoms with Crippen molar-refractivity contribution in [2.24, 2.45) is 0 Å². The summed E-state index contributed by atoms with van der Waals surface area (Å²) in [5, 5.41) is 0. The van der Waals surface area contributed by atoms with Gasteiger partial charge in [0.2, 0.25) is 0 Å². The van der Waals surface area contributed by atoms with Gasteiger partial charge in [0.1, 0.15) is 11.6 Å². The number of nitrogens with zero attached hydrogens (tertiary/aromatic N) is 1. The van der Waals surface area contributed by atoms with E-state index < -0.39 is 17.5 Å². The molecule has 0 N–H and O–H groups in total. The van der Waals surface area contributed by atoms with Gasteiger partial charge >= 0.3 is 0 Å². The number of hydrogen-bond acceptors (Lipinski definition) is 1. The van der Waals surface area contributed by atoms with Crippen LogP contribution in [0.5, 0.6) is 0 Å². The molecule has 1 heterocycles. The predicted molar refractivity (Wildman–Crippen MR) is 68.4 cm³/mol. The Balaban J connectivity index is 2.30. The molecule has 1 aliphatic heterocycles. The van der Waals surface area contributed by atoms with E-state index >= 15 is 0 Å². The molecule has 1 saturated heterocycles. The van der Waals surface area contributed by atoms with Gasteiger partial charge in [-0.15, -0.1) is 0 Å². The third-order valence-electron chi connectivity index (χ3n) is 3.30. The minimum atomic E-state index is -0.689. The number of halogens is 3. The van der Waals surface area contributed by atoms with Crippen LogP contribution < -0.4 is 0 Å². The lowest BCUT2D eigenvalue weighted by Gasteiger charge is -2.33. The van der Waals surface area contributed by atoms with Gasteiger partial charge in [-0.25, -0.2) is 8.78 Å². The van der Waals surface area contributed by atoms with Crippen LogP contribution in [0.3, 0.4) is 0 Å². The summed E-state index contributed by atoms with van der Waals surface area (Å²) in [6, 6.07) is 2.04. The van der Waals surface area contributed by atoms with Crippen LogP contribution in [0, 0.1) is 11.6 Å². The van der Waals surface area contributed by atoms with E-state index in [2.05, 4.69) is 15.9 Å². The molecule has 1 amide bonds. The first kappa shape index (κ1) is 13.5. The highest BCUT2D eigenvalue weighted by molar-refractivity contribution is 9.10. The molecule has 5 heteroatoms. The Hall–Kier alpha value is -0.970. The molecule has 1 aliphatic rings. The van der Waals surface area contributed by atoms with Gasteiger partial charge in [-0.05, 0) is 54.2 Å². The molecule has 1 unspecified atom stereocenters. The smallest absolute Gasteiger partial charge is 0.257 e. The van der Waals surface area contributed by atoms with Crippen molar-refractivity contribution in [1.82, 2.24) is 4.90 Å². The molecular weight excluding hydrogens is 304 g/mol. The fraction of sp³-hybridized carbons (Fsp3) is 0.462. The van der Waals surface area contributed by atoms with Crippen LogP contribution in [0.15, 0.2) is 16.6 Å². The average Bonchev–Trinajstić information content (AvgIpc) is 2.33. The van der Waals surface area contributed by atoms with Gasteiger partial charge in [0.25, 0.3) is 5.91 Å². The summed E-state index contributed by atoms with van der Waals surface area (Å²) in [6.07, 6.45) is 2.89. The fourth-order valence-corrected chi connectivity index (χ4v) is 2.56. The summed E-state index contributed by atoms with van der Waals surface area (Å²) >= 11 is 2.90. The summed E-state index contributed by atoms with van der Waals surface area (Å²) in [6.45, 7) is 2.54. The lowest BCUT2D eigenvalue weighted by atomic mass is 10.0. The molecule has 1 aromatic carbocycles. The van der Waals surface area contributed by atoms with Crippen molar-refractivity contribution < 1.29 is 13.6 Å². The number of amides is 1. The highest BCUT2D eigenvalue weighted by Gasteiger charge is 2.26. The zero-order valence-electron chi connectivity index (χ0n) is 10.0. The monoisotopic (exact) mass is 317 g/mol. The predicted octanol–water partition coefficient (Wildman–Crippen LogP) is 3.74. The maximum Gasteiger partial charge on any atom is 0.257 e. The number of benzene rings is 1. The lowest BCUT2D eigenvalue weighted by Crippen LogP contribution is -2.42. The fourth-order valence-electron chi connectivity index (χ4n) is 2.24. The summed E-state index contributed by atoms with van der Waals surface area (Å²) in [5.74, 6) is -1.73.